The molecule has 0 aliphatic heterocycles. The molecule has 1 aliphatic carbocycles. The van der Waals surface area contributed by atoms with Gasteiger partial charge in [-0.3, -0.25) is 19.3 Å². The van der Waals surface area contributed by atoms with E-state index in [4.69, 9.17) is 11.6 Å². The van der Waals surface area contributed by atoms with E-state index in [0.717, 1.165) is 46.6 Å². The average molecular weight is 609 g/mol. The van der Waals surface area contributed by atoms with Crippen molar-refractivity contribution in [3.63, 3.8) is 0 Å². The largest absolute Gasteiger partial charge is 0.339 e. The first-order valence-electron chi connectivity index (χ1n) is 14.6. The minimum atomic E-state index is -0.925. The van der Waals surface area contributed by atoms with Crippen LogP contribution in [0.15, 0.2) is 79.4 Å². The zero-order chi connectivity index (χ0) is 30.8. The predicted octanol–water partition coefficient (Wildman–Crippen LogP) is 5.83. The van der Waals surface area contributed by atoms with Gasteiger partial charge >= 0.3 is 0 Å². The van der Waals surface area contributed by atoms with Gasteiger partial charge < -0.3 is 15.2 Å². The third kappa shape index (κ3) is 6.40. The second-order valence-corrected chi connectivity index (χ2v) is 11.8. The van der Waals surface area contributed by atoms with Crippen LogP contribution < -0.4 is 10.6 Å². The Hall–Kier alpha value is -4.83. The third-order valence-electron chi connectivity index (χ3n) is 7.78. The first kappa shape index (κ1) is 29.3. The summed E-state index contributed by atoms with van der Waals surface area (Å²) < 4.78 is 3.55. The number of hydrogen-bond donors (Lipinski definition) is 2. The highest BCUT2D eigenvalue weighted by atomic mass is 35.5. The van der Waals surface area contributed by atoms with Crippen molar-refractivity contribution >= 4 is 29.1 Å². The van der Waals surface area contributed by atoms with Crippen molar-refractivity contribution in [2.75, 3.05) is 5.32 Å². The lowest BCUT2D eigenvalue weighted by Crippen LogP contribution is -2.45. The molecule has 224 valence electrons. The fourth-order valence-corrected chi connectivity index (χ4v) is 5.31. The van der Waals surface area contributed by atoms with Crippen LogP contribution in [-0.2, 0) is 18.3 Å². The van der Waals surface area contributed by atoms with Gasteiger partial charge in [0.2, 0.25) is 5.91 Å². The summed E-state index contributed by atoms with van der Waals surface area (Å²) >= 11 is 6.66. The number of aryl methyl sites for hydroxylation is 1. The Bertz CT molecular complexity index is 1810. The second kappa shape index (κ2) is 12.4. The molecule has 2 N–H and O–H groups in total. The Labute approximate surface area is 260 Å². The average Bonchev–Trinajstić information content (AvgIpc) is 3.58. The van der Waals surface area contributed by atoms with Crippen molar-refractivity contribution in [3.05, 3.63) is 101 Å². The molecule has 2 amide bonds. The Morgan fingerprint density at radius 1 is 0.977 bits per heavy atom. The van der Waals surface area contributed by atoms with E-state index in [1.165, 1.54) is 10.9 Å². The first-order chi connectivity index (χ1) is 21.3. The maximum absolute atomic E-state index is 13.7. The third-order valence-corrected chi connectivity index (χ3v) is 8.14. The Balaban J connectivity index is 1.25. The second-order valence-electron chi connectivity index (χ2n) is 11.4. The maximum Gasteiger partial charge on any atom is 0.270 e. The van der Waals surface area contributed by atoms with Gasteiger partial charge in [-0.1, -0.05) is 31.5 Å². The monoisotopic (exact) mass is 608 g/mol. The number of amides is 2. The van der Waals surface area contributed by atoms with Gasteiger partial charge in [-0.25, -0.2) is 0 Å². The van der Waals surface area contributed by atoms with Crippen molar-refractivity contribution in [1.82, 2.24) is 34.8 Å². The first-order valence-corrected chi connectivity index (χ1v) is 15.0. The topological polar surface area (TPSA) is 120 Å². The minimum Gasteiger partial charge on any atom is -0.339 e. The van der Waals surface area contributed by atoms with Crippen molar-refractivity contribution in [1.29, 1.82) is 0 Å². The maximum atomic E-state index is 13.7. The summed E-state index contributed by atoms with van der Waals surface area (Å²) in [4.78, 5) is 31.4. The lowest BCUT2D eigenvalue weighted by molar-refractivity contribution is -0.118. The van der Waals surface area contributed by atoms with Gasteiger partial charge in [0.1, 0.15) is 18.1 Å². The van der Waals surface area contributed by atoms with Crippen LogP contribution in [0.3, 0.4) is 0 Å². The molecule has 11 heteroatoms. The van der Waals surface area contributed by atoms with E-state index in [2.05, 4.69) is 55.4 Å². The number of pyridine rings is 1. The van der Waals surface area contributed by atoms with E-state index >= 15 is 0 Å². The molecule has 5 aromatic rings. The van der Waals surface area contributed by atoms with Crippen LogP contribution in [0, 0.1) is 0 Å². The lowest BCUT2D eigenvalue weighted by Gasteiger charge is -2.20. The van der Waals surface area contributed by atoms with Gasteiger partial charge in [0.15, 0.2) is 5.82 Å². The van der Waals surface area contributed by atoms with Gasteiger partial charge in [-0.15, -0.1) is 10.2 Å². The van der Waals surface area contributed by atoms with Crippen LogP contribution in [-0.4, -0.2) is 47.4 Å². The van der Waals surface area contributed by atoms with Gasteiger partial charge in [0.05, 0.1) is 0 Å². The van der Waals surface area contributed by atoms with Crippen LogP contribution in [0.1, 0.15) is 60.4 Å². The van der Waals surface area contributed by atoms with Crippen LogP contribution in [0.2, 0.25) is 5.02 Å². The van der Waals surface area contributed by atoms with Gasteiger partial charge in [0.25, 0.3) is 5.91 Å². The SMILES string of the molecule is CC(C)c1cc(-c2ccc(Cl)c(CC(NC(=O)c3ccnn3C)C(=O)Nc3ccc(-c4nncn4C4CC4)cc3)c2)ccn1. The fraction of sp³-hybridized carbons (Fsp3) is 0.273. The molecule has 0 spiro atoms. The van der Waals surface area contributed by atoms with Crippen molar-refractivity contribution < 1.29 is 9.59 Å². The summed E-state index contributed by atoms with van der Waals surface area (Å²) in [6.45, 7) is 4.20. The van der Waals surface area contributed by atoms with Gasteiger partial charge in [-0.2, -0.15) is 5.10 Å². The molecule has 3 heterocycles. The molecule has 2 aromatic carbocycles. The summed E-state index contributed by atoms with van der Waals surface area (Å²) in [7, 11) is 1.68. The Kier molecular flexibility index (Phi) is 8.25. The summed E-state index contributed by atoms with van der Waals surface area (Å²) in [6, 6.07) is 18.3. The highest BCUT2D eigenvalue weighted by Crippen LogP contribution is 2.37. The zero-order valence-corrected chi connectivity index (χ0v) is 25.5. The summed E-state index contributed by atoms with van der Waals surface area (Å²) in [5, 5.41) is 18.8. The number of rotatable bonds is 10. The Morgan fingerprint density at radius 3 is 2.43 bits per heavy atom. The lowest BCUT2D eigenvalue weighted by atomic mass is 9.97. The molecule has 1 atom stereocenters. The number of halogens is 1. The normalized spacial score (nSPS) is 13.6. The van der Waals surface area contributed by atoms with E-state index < -0.39 is 11.9 Å². The molecular formula is C33H33ClN8O2. The number of anilines is 1. The molecule has 1 fully saturated rings. The highest BCUT2D eigenvalue weighted by Gasteiger charge is 2.27. The number of nitrogens with zero attached hydrogens (tertiary/aromatic N) is 6. The van der Waals surface area contributed by atoms with E-state index in [1.54, 1.807) is 25.6 Å². The zero-order valence-electron chi connectivity index (χ0n) is 24.7. The van der Waals surface area contributed by atoms with Crippen LogP contribution in [0.25, 0.3) is 22.5 Å². The van der Waals surface area contributed by atoms with Gasteiger partial charge in [0, 0.05) is 53.9 Å². The van der Waals surface area contributed by atoms with Crippen molar-refractivity contribution in [2.24, 2.45) is 7.05 Å². The highest BCUT2D eigenvalue weighted by molar-refractivity contribution is 6.31. The number of hydrogen-bond acceptors (Lipinski definition) is 6. The number of carbonyl (C=O) groups excluding carboxylic acids is 2. The summed E-state index contributed by atoms with van der Waals surface area (Å²) in [5.74, 6) is 0.295. The molecule has 0 radical (unpaired) electrons. The molecule has 44 heavy (non-hydrogen) atoms. The molecule has 3 aromatic heterocycles. The summed E-state index contributed by atoms with van der Waals surface area (Å²) in [6.07, 6.45) is 7.52. The quantitative estimate of drug-likeness (QED) is 0.206. The number of benzene rings is 2. The predicted molar refractivity (Wildman–Crippen MR) is 169 cm³/mol. The van der Waals surface area contributed by atoms with E-state index in [-0.39, 0.29) is 18.2 Å². The summed E-state index contributed by atoms with van der Waals surface area (Å²) in [5.41, 5.74) is 5.50. The smallest absolute Gasteiger partial charge is 0.270 e. The van der Waals surface area contributed by atoms with Crippen molar-refractivity contribution in [3.8, 4) is 22.5 Å². The van der Waals surface area contributed by atoms with Crippen LogP contribution in [0.5, 0.6) is 0 Å². The molecule has 1 unspecified atom stereocenters. The molecular weight excluding hydrogens is 576 g/mol. The Morgan fingerprint density at radius 2 is 1.73 bits per heavy atom. The number of aromatic nitrogens is 6. The fourth-order valence-electron chi connectivity index (χ4n) is 5.11. The van der Waals surface area contributed by atoms with E-state index in [9.17, 15) is 9.59 Å². The molecule has 0 saturated heterocycles. The van der Waals surface area contributed by atoms with Gasteiger partial charge in [-0.05, 0) is 90.0 Å². The van der Waals surface area contributed by atoms with E-state index in [0.29, 0.717) is 22.4 Å². The molecule has 1 aliphatic rings. The molecule has 10 nitrogen and oxygen atoms in total. The number of nitrogens with one attached hydrogen (secondary N) is 2. The molecule has 0 bridgehead atoms. The molecule has 6 rings (SSSR count). The minimum absolute atomic E-state index is 0.173. The number of carbonyl (C=O) groups is 2. The van der Waals surface area contributed by atoms with E-state index in [1.807, 2.05) is 48.5 Å². The standard InChI is InChI=1S/C33H33ClN8O2/c1-20(2)28-17-23(12-14-35-28)22-6-11-27(34)24(16-22)18-29(39-33(44)30-13-15-37-41(30)3)32(43)38-25-7-4-21(5-8-25)31-40-36-19-42(31)26-9-10-26/h4-8,11-17,19-20,26,29H,9-10,18H2,1-3H3,(H,38,43)(H,39,44). The van der Waals surface area contributed by atoms with Crippen LogP contribution in [0.4, 0.5) is 5.69 Å². The van der Waals surface area contributed by atoms with Crippen molar-refractivity contribution in [2.45, 2.75) is 51.1 Å². The van der Waals surface area contributed by atoms with Crippen LogP contribution >= 0.6 is 11.6 Å². The molecule has 1 saturated carbocycles.